The first kappa shape index (κ1) is 16.2. The lowest BCUT2D eigenvalue weighted by atomic mass is 10.2. The third-order valence-electron chi connectivity index (χ3n) is 1.90. The van der Waals surface area contributed by atoms with E-state index in [9.17, 15) is 14.4 Å². The van der Waals surface area contributed by atoms with Gasteiger partial charge < -0.3 is 14.3 Å². The van der Waals surface area contributed by atoms with Crippen molar-refractivity contribution in [2.45, 2.75) is 32.8 Å². The van der Waals surface area contributed by atoms with Crippen molar-refractivity contribution in [1.82, 2.24) is 10.5 Å². The quantitative estimate of drug-likeness (QED) is 0.733. The average Bonchev–Trinajstić information content (AvgIpc) is 2.29. The molecule has 0 atom stereocenters. The van der Waals surface area contributed by atoms with Crippen LogP contribution >= 0.6 is 0 Å². The number of hydrogen-bond donors (Lipinski definition) is 1. The molecule has 9 heteroatoms. The van der Waals surface area contributed by atoms with E-state index < -0.39 is 24.3 Å². The Labute approximate surface area is 116 Å². The molecule has 0 unspecified atom stereocenters. The molecule has 0 aromatic heterocycles. The molecule has 20 heavy (non-hydrogen) atoms. The normalized spacial score (nSPS) is 15.8. The number of ether oxygens (including phenoxy) is 2. The molecular formula is C11H18N2O7. The van der Waals surface area contributed by atoms with E-state index in [-0.39, 0.29) is 19.1 Å². The van der Waals surface area contributed by atoms with E-state index in [4.69, 9.17) is 9.47 Å². The zero-order chi connectivity index (χ0) is 15.2. The van der Waals surface area contributed by atoms with Crippen LogP contribution in [0, 0.1) is 0 Å². The number of carbonyl (C=O) groups excluding carboxylic acids is 3. The molecule has 0 radical (unpaired) electrons. The van der Waals surface area contributed by atoms with Crippen molar-refractivity contribution in [2.75, 3.05) is 19.9 Å². The van der Waals surface area contributed by atoms with Gasteiger partial charge in [-0.05, 0) is 20.8 Å². The first-order valence-electron chi connectivity index (χ1n) is 5.97. The van der Waals surface area contributed by atoms with E-state index >= 15 is 0 Å². The highest BCUT2D eigenvalue weighted by atomic mass is 16.8. The summed E-state index contributed by atoms with van der Waals surface area (Å²) in [5, 5.41) is 0.794. The summed E-state index contributed by atoms with van der Waals surface area (Å²) in [6.45, 7) is 4.66. The topological polar surface area (TPSA) is 103 Å². The molecule has 2 amide bonds. The van der Waals surface area contributed by atoms with Gasteiger partial charge >= 0.3 is 12.1 Å². The predicted octanol–water partition coefficient (Wildman–Crippen LogP) is 0.107. The lowest BCUT2D eigenvalue weighted by Crippen LogP contribution is -2.41. The Kier molecular flexibility index (Phi) is 5.71. The summed E-state index contributed by atoms with van der Waals surface area (Å²) in [7, 11) is 0. The second kappa shape index (κ2) is 7.06. The maximum absolute atomic E-state index is 11.3. The van der Waals surface area contributed by atoms with Crippen molar-refractivity contribution in [3.63, 3.8) is 0 Å². The molecule has 1 rings (SSSR count). The minimum Gasteiger partial charge on any atom is -0.442 e. The number of carbonyl (C=O) groups is 3. The number of hydroxylamine groups is 3. The molecular weight excluding hydrogens is 272 g/mol. The van der Waals surface area contributed by atoms with Gasteiger partial charge in [0.05, 0.1) is 13.0 Å². The Bertz CT molecular complexity index is 377. The van der Waals surface area contributed by atoms with Crippen LogP contribution < -0.4 is 5.48 Å². The van der Waals surface area contributed by atoms with Gasteiger partial charge in [-0.2, -0.15) is 5.48 Å². The van der Waals surface area contributed by atoms with Crippen LogP contribution in [0.4, 0.5) is 4.79 Å². The highest BCUT2D eigenvalue weighted by Crippen LogP contribution is 2.06. The van der Waals surface area contributed by atoms with Gasteiger partial charge in [0, 0.05) is 0 Å². The first-order valence-corrected chi connectivity index (χ1v) is 5.97. The molecule has 0 bridgehead atoms. The molecule has 1 heterocycles. The molecule has 1 fully saturated rings. The zero-order valence-electron chi connectivity index (χ0n) is 11.6. The molecule has 1 aliphatic heterocycles. The van der Waals surface area contributed by atoms with E-state index in [0.29, 0.717) is 6.61 Å². The lowest BCUT2D eigenvalue weighted by molar-refractivity contribution is -0.228. The standard InChI is InChI=1S/C11H18N2O7/c1-11(2,3)19-10(16)12-18-6-9(15)20-13-7-17-5-4-8(13)14/h4-7H2,1-3H3,(H,12,16). The van der Waals surface area contributed by atoms with Crippen molar-refractivity contribution < 1.29 is 33.5 Å². The van der Waals surface area contributed by atoms with Crippen LogP contribution in [-0.2, 0) is 28.7 Å². The fourth-order valence-electron chi connectivity index (χ4n) is 1.18. The molecule has 114 valence electrons. The first-order chi connectivity index (χ1) is 9.28. The van der Waals surface area contributed by atoms with Crippen LogP contribution in [0.5, 0.6) is 0 Å². The third kappa shape index (κ3) is 6.34. The van der Waals surface area contributed by atoms with Crippen LogP contribution in [0.1, 0.15) is 27.2 Å². The Morgan fingerprint density at radius 1 is 1.40 bits per heavy atom. The molecule has 0 saturated carbocycles. The molecule has 0 spiro atoms. The van der Waals surface area contributed by atoms with Crippen LogP contribution in [0.2, 0.25) is 0 Å². The summed E-state index contributed by atoms with van der Waals surface area (Å²) in [4.78, 5) is 43.1. The van der Waals surface area contributed by atoms with E-state index in [1.54, 1.807) is 20.8 Å². The second-order valence-electron chi connectivity index (χ2n) is 4.92. The number of amides is 2. The SMILES string of the molecule is CC(C)(C)OC(=O)NOCC(=O)ON1COCCC1=O. The van der Waals surface area contributed by atoms with Crippen molar-refractivity contribution in [1.29, 1.82) is 0 Å². The number of rotatable bonds is 4. The fraction of sp³-hybridized carbons (Fsp3) is 0.727. The third-order valence-corrected chi connectivity index (χ3v) is 1.90. The smallest absolute Gasteiger partial charge is 0.431 e. The minimum absolute atomic E-state index is 0.121. The summed E-state index contributed by atoms with van der Waals surface area (Å²) >= 11 is 0. The average molecular weight is 290 g/mol. The summed E-state index contributed by atoms with van der Waals surface area (Å²) in [5.74, 6) is -1.20. The van der Waals surface area contributed by atoms with Gasteiger partial charge in [0.2, 0.25) is 0 Å². The van der Waals surface area contributed by atoms with Gasteiger partial charge in [-0.1, -0.05) is 0 Å². The maximum atomic E-state index is 11.3. The van der Waals surface area contributed by atoms with Gasteiger partial charge in [-0.3, -0.25) is 9.63 Å². The molecule has 9 nitrogen and oxygen atoms in total. The van der Waals surface area contributed by atoms with E-state index in [1.165, 1.54) is 0 Å². The fourth-order valence-corrected chi connectivity index (χ4v) is 1.18. The van der Waals surface area contributed by atoms with Crippen molar-refractivity contribution in [2.24, 2.45) is 0 Å². The Hall–Kier alpha value is -1.87. The van der Waals surface area contributed by atoms with Gasteiger partial charge in [-0.25, -0.2) is 9.59 Å². The van der Waals surface area contributed by atoms with Crippen LogP contribution in [-0.4, -0.2) is 48.6 Å². The summed E-state index contributed by atoms with van der Waals surface area (Å²) in [6.07, 6.45) is -0.688. The van der Waals surface area contributed by atoms with Gasteiger partial charge in [-0.15, -0.1) is 5.06 Å². The van der Waals surface area contributed by atoms with Crippen LogP contribution in [0.3, 0.4) is 0 Å². The highest BCUT2D eigenvalue weighted by molar-refractivity contribution is 5.78. The number of nitrogens with one attached hydrogen (secondary N) is 1. The Morgan fingerprint density at radius 3 is 2.70 bits per heavy atom. The monoisotopic (exact) mass is 290 g/mol. The number of hydrogen-bond acceptors (Lipinski definition) is 7. The van der Waals surface area contributed by atoms with Crippen molar-refractivity contribution in [3.05, 3.63) is 0 Å². The van der Waals surface area contributed by atoms with Crippen LogP contribution in [0.15, 0.2) is 0 Å². The van der Waals surface area contributed by atoms with Crippen molar-refractivity contribution in [3.8, 4) is 0 Å². The Morgan fingerprint density at radius 2 is 2.10 bits per heavy atom. The van der Waals surface area contributed by atoms with E-state index in [0.717, 1.165) is 5.06 Å². The molecule has 1 saturated heterocycles. The second-order valence-corrected chi connectivity index (χ2v) is 4.92. The molecule has 1 N–H and O–H groups in total. The largest absolute Gasteiger partial charge is 0.442 e. The summed E-state index contributed by atoms with van der Waals surface area (Å²) in [6, 6.07) is 0. The molecule has 0 aromatic rings. The number of nitrogens with zero attached hydrogens (tertiary/aromatic N) is 1. The minimum atomic E-state index is -0.847. The molecule has 0 aliphatic carbocycles. The molecule has 0 aromatic carbocycles. The molecule has 1 aliphatic rings. The highest BCUT2D eigenvalue weighted by Gasteiger charge is 2.23. The van der Waals surface area contributed by atoms with E-state index in [2.05, 4.69) is 9.68 Å². The maximum Gasteiger partial charge on any atom is 0.431 e. The predicted molar refractivity (Wildman–Crippen MR) is 63.7 cm³/mol. The zero-order valence-corrected chi connectivity index (χ0v) is 11.6. The van der Waals surface area contributed by atoms with Gasteiger partial charge in [0.15, 0.2) is 13.3 Å². The Balaban J connectivity index is 2.20. The van der Waals surface area contributed by atoms with Crippen LogP contribution in [0.25, 0.3) is 0 Å². The van der Waals surface area contributed by atoms with E-state index in [1.807, 2.05) is 5.48 Å². The van der Waals surface area contributed by atoms with Gasteiger partial charge in [0.1, 0.15) is 5.60 Å². The van der Waals surface area contributed by atoms with Gasteiger partial charge in [0.25, 0.3) is 5.91 Å². The summed E-state index contributed by atoms with van der Waals surface area (Å²) in [5.41, 5.74) is 1.25. The summed E-state index contributed by atoms with van der Waals surface area (Å²) < 4.78 is 9.82. The van der Waals surface area contributed by atoms with Crippen molar-refractivity contribution >= 4 is 18.0 Å². The lowest BCUT2D eigenvalue weighted by Gasteiger charge is -2.24.